The molecule has 0 aliphatic rings. The number of rotatable bonds is 16. The maximum atomic E-state index is 10.8. The number of nitrogens with zero attached hydrogens (tertiary/aromatic N) is 3. The Kier molecular flexibility index (Phi) is 458. The fourth-order valence-electron chi connectivity index (χ4n) is 2.18. The molecule has 0 N–H and O–H groups in total. The largest absolute Gasteiger partial charge is 1.00 e. The van der Waals surface area contributed by atoms with Crippen LogP contribution in [-0.2, 0) is 24.0 Å². The van der Waals surface area contributed by atoms with Crippen LogP contribution < -0.4 is 1310 Å². The summed E-state index contributed by atoms with van der Waals surface area (Å²) >= 11 is 0. The van der Waals surface area contributed by atoms with E-state index in [1.54, 1.807) is 0 Å². The molecule has 0 amide bonds. The zero-order valence-electron chi connectivity index (χ0n) is 39.3. The molecule has 0 bridgehead atoms. The number of carbonyl (C=O) groups excluding carboxylic acids is 5. The van der Waals surface area contributed by atoms with Gasteiger partial charge >= 0.3 is 1280 Å². The summed E-state index contributed by atoms with van der Waals surface area (Å²) in [6, 6.07) is 0. The van der Waals surface area contributed by atoms with Gasteiger partial charge in [-0.05, 0) is 0 Å². The molecule has 0 aromatic rings. The Morgan fingerprint density at radius 1 is 0.231 bits per heavy atom. The molecule has 0 saturated carbocycles. The summed E-state index contributed by atoms with van der Waals surface area (Å²) in [5.74, 6) is -7.67. The second kappa shape index (κ2) is 137. The Labute approximate surface area is 1380 Å². The Morgan fingerprint density at radius 3 is 0.442 bits per heavy atom. The van der Waals surface area contributed by atoms with Gasteiger partial charge in [0.05, 0.1) is 29.8 Å². The summed E-state index contributed by atoms with van der Waals surface area (Å²) < 4.78 is 0. The van der Waals surface area contributed by atoms with Gasteiger partial charge in [0.25, 0.3) is 0 Å². The van der Waals surface area contributed by atoms with Gasteiger partial charge in [-0.3, -0.25) is 14.7 Å². The summed E-state index contributed by atoms with van der Waals surface area (Å²) in [5.41, 5.74) is 0. The van der Waals surface area contributed by atoms with E-state index >= 15 is 0 Å². The summed E-state index contributed by atoms with van der Waals surface area (Å²) in [6.07, 6.45) is 0. The minimum absolute atomic E-state index is 0. The third-order valence-corrected chi connectivity index (χ3v) is 3.23. The first-order chi connectivity index (χ1) is 12.5. The molecule has 154 valence electrons. The van der Waals surface area contributed by atoms with Crippen LogP contribution in [0, 0.1) is 0 Å². The van der Waals surface area contributed by atoms with Crippen molar-refractivity contribution in [3.63, 3.8) is 0 Å². The van der Waals surface area contributed by atoms with Gasteiger partial charge in [-0.15, -0.1) is 0 Å². The number of aliphatic carboxylic acids is 5. The molecule has 52 heavy (non-hydrogen) atoms. The quantitative estimate of drug-likeness (QED) is 0.132. The van der Waals surface area contributed by atoms with Gasteiger partial charge in [0, 0.05) is 58.9 Å². The topological polar surface area (TPSA) is 210 Å². The molecule has 0 saturated heterocycles. The van der Waals surface area contributed by atoms with Crippen molar-refractivity contribution in [2.75, 3.05) is 58.9 Å². The Hall–Kier alpha value is 38.1. The zero-order valence-corrected chi connectivity index (χ0v) is 117. The van der Waals surface area contributed by atoms with Crippen molar-refractivity contribution in [3.8, 4) is 0 Å². The van der Waals surface area contributed by atoms with Crippen molar-refractivity contribution >= 4 is 29.8 Å². The standard InChI is InChI=1S/C14H23N3O10.25K/c18-10(19)5-15(1-3-16(6-11(20)21)7-12(22)23)2-4-17(8-13(24)25)9-14(26)27;;;;;;;;;;;;;;;;;;;;;;;;;/h1-9H2,(H,18,19)(H,20,21)(H,22,23)(H,24,25)(H,26,27);;;;;;;;;;;;;;;;;;;;;;;;;/q;25*+1/p-5. The van der Waals surface area contributed by atoms with Crippen LogP contribution in [-0.4, -0.2) is 103 Å². The summed E-state index contributed by atoms with van der Waals surface area (Å²) in [4.78, 5) is 56.4. The van der Waals surface area contributed by atoms with Crippen LogP contribution >= 0.6 is 0 Å². The normalized spacial score (nSPS) is 5.75. The second-order valence-electron chi connectivity index (χ2n) is 5.56. The van der Waals surface area contributed by atoms with Crippen molar-refractivity contribution in [2.24, 2.45) is 0 Å². The van der Waals surface area contributed by atoms with Crippen LogP contribution in [0.25, 0.3) is 0 Å². The predicted octanol–water partition coefficient (Wildman–Crippen LogP) is -84.3. The smallest absolute Gasteiger partial charge is 0.549 e. The van der Waals surface area contributed by atoms with E-state index in [4.69, 9.17) is 0 Å². The van der Waals surface area contributed by atoms with Crippen LogP contribution in [0.3, 0.4) is 0 Å². The Morgan fingerprint density at radius 2 is 0.327 bits per heavy atom. The van der Waals surface area contributed by atoms with Crippen LogP contribution in [0.2, 0.25) is 0 Å². The van der Waals surface area contributed by atoms with Crippen LogP contribution in [0.1, 0.15) is 0 Å². The van der Waals surface area contributed by atoms with E-state index < -0.39 is 62.6 Å². The average Bonchev–Trinajstić information content (AvgIpc) is 2.46. The fraction of sp³-hybridized carbons (Fsp3) is 0.643. The molecule has 0 aromatic carbocycles. The first kappa shape index (κ1) is 174. The van der Waals surface area contributed by atoms with Gasteiger partial charge in [0.15, 0.2) is 0 Å². The minimum atomic E-state index is -1.54. The predicted molar refractivity (Wildman–Crippen MR) is 74.4 cm³/mol. The summed E-state index contributed by atoms with van der Waals surface area (Å²) in [7, 11) is 0. The molecular weight excluding hydrogens is 1350 g/mol. The number of carboxylic acid groups (broad SMARTS) is 5. The van der Waals surface area contributed by atoms with Crippen molar-refractivity contribution in [3.05, 3.63) is 0 Å². The van der Waals surface area contributed by atoms with E-state index in [2.05, 4.69) is 0 Å². The fourth-order valence-corrected chi connectivity index (χ4v) is 2.18. The molecular formula is C14H18K25N3O10+20. The zero-order chi connectivity index (χ0) is 21.0. The maximum Gasteiger partial charge on any atom is 1.00 e. The molecule has 38 heteroatoms. The van der Waals surface area contributed by atoms with Crippen LogP contribution in [0.15, 0.2) is 0 Å². The molecule has 0 rings (SSSR count). The molecule has 0 heterocycles. The average molecular weight is 1370 g/mol. The molecule has 0 atom stereocenters. The first-order valence-corrected chi connectivity index (χ1v) is 7.66. The first-order valence-electron chi connectivity index (χ1n) is 7.66. The maximum absolute atomic E-state index is 10.8. The van der Waals surface area contributed by atoms with E-state index in [0.29, 0.717) is 0 Å². The third kappa shape index (κ3) is 144. The Balaban J connectivity index is -0.0000000113. The number of carbonyl (C=O) groups is 5. The number of hydrogen-bond donors (Lipinski definition) is 0. The summed E-state index contributed by atoms with van der Waals surface area (Å²) in [6.45, 7) is -4.16. The molecule has 13 nitrogen and oxygen atoms in total. The van der Waals surface area contributed by atoms with E-state index in [1.165, 1.54) is 4.90 Å². The molecule has 0 fully saturated rings. The van der Waals surface area contributed by atoms with Gasteiger partial charge in [-0.25, -0.2) is 0 Å². The van der Waals surface area contributed by atoms with Crippen molar-refractivity contribution in [2.45, 2.75) is 0 Å². The van der Waals surface area contributed by atoms with E-state index in [9.17, 15) is 49.5 Å². The molecule has 0 spiro atoms. The molecule has 0 aliphatic heterocycles. The molecule has 0 aliphatic carbocycles. The van der Waals surface area contributed by atoms with Gasteiger partial charge in [0.1, 0.15) is 0 Å². The van der Waals surface area contributed by atoms with E-state index in [0.717, 1.165) is 9.80 Å². The number of carboxylic acids is 5. The molecule has 0 unspecified atom stereocenters. The molecule has 0 aromatic heterocycles. The SMILES string of the molecule is O=C([O-])CN(CCN(CC(=O)[O-])CC(=O)[O-])CCN(CC(=O)[O-])CC(=O)[O-].[K+].[K+].[K+].[K+].[K+].[K+].[K+].[K+].[K+].[K+].[K+].[K+].[K+].[K+].[K+].[K+].[K+].[K+].[K+].[K+].[K+].[K+].[K+].[K+].[K+]. The van der Waals surface area contributed by atoms with Gasteiger partial charge in [-0.2, -0.15) is 0 Å². The van der Waals surface area contributed by atoms with Crippen LogP contribution in [0.5, 0.6) is 0 Å². The summed E-state index contributed by atoms with van der Waals surface area (Å²) in [5, 5.41) is 53.3. The van der Waals surface area contributed by atoms with Gasteiger partial charge in [-0.1, -0.05) is 0 Å². The second-order valence-corrected chi connectivity index (χ2v) is 5.56. The van der Waals surface area contributed by atoms with E-state index in [-0.39, 0.29) is 1310 Å². The van der Waals surface area contributed by atoms with Crippen LogP contribution in [0.4, 0.5) is 0 Å². The van der Waals surface area contributed by atoms with Crippen molar-refractivity contribution in [1.29, 1.82) is 0 Å². The Bertz CT molecular complexity index is 533. The van der Waals surface area contributed by atoms with Gasteiger partial charge < -0.3 is 49.5 Å². The van der Waals surface area contributed by atoms with E-state index in [1.807, 2.05) is 0 Å². The molecule has 0 radical (unpaired) electrons. The van der Waals surface area contributed by atoms with Gasteiger partial charge in [0.2, 0.25) is 0 Å². The third-order valence-electron chi connectivity index (χ3n) is 3.23. The monoisotopic (exact) mass is 1360 g/mol. The number of hydrogen-bond acceptors (Lipinski definition) is 13. The van der Waals surface area contributed by atoms with Crippen molar-refractivity contribution < 1.29 is 1330 Å². The van der Waals surface area contributed by atoms with Crippen molar-refractivity contribution in [1.82, 2.24) is 14.7 Å². The minimum Gasteiger partial charge on any atom is -0.549 e.